The van der Waals surface area contributed by atoms with Gasteiger partial charge >= 0.3 is 6.18 Å². The highest BCUT2D eigenvalue weighted by Gasteiger charge is 2.34. The largest absolute Gasteiger partial charge is 0.418 e. The summed E-state index contributed by atoms with van der Waals surface area (Å²) in [4.78, 5) is 30.9. The Morgan fingerprint density at radius 1 is 1.03 bits per heavy atom. The molecule has 1 aliphatic heterocycles. The predicted octanol–water partition coefficient (Wildman–Crippen LogP) is 3.62. The van der Waals surface area contributed by atoms with Gasteiger partial charge in [0.05, 0.1) is 23.8 Å². The number of hydrogen-bond acceptors (Lipinski definition) is 4. The lowest BCUT2D eigenvalue weighted by atomic mass is 10.1. The summed E-state index contributed by atoms with van der Waals surface area (Å²) in [5.41, 5.74) is 1.30. The third-order valence-electron chi connectivity index (χ3n) is 6.23. The summed E-state index contributed by atoms with van der Waals surface area (Å²) >= 11 is 0. The lowest BCUT2D eigenvalue weighted by molar-refractivity contribution is -0.139. The highest BCUT2D eigenvalue weighted by molar-refractivity contribution is 5.95. The van der Waals surface area contributed by atoms with Gasteiger partial charge in [-0.3, -0.25) is 19.4 Å². The lowest BCUT2D eigenvalue weighted by Gasteiger charge is -2.38. The van der Waals surface area contributed by atoms with Crippen LogP contribution in [0.4, 0.5) is 18.9 Å². The van der Waals surface area contributed by atoms with Crippen molar-refractivity contribution in [2.24, 2.45) is 0 Å². The van der Waals surface area contributed by atoms with E-state index in [4.69, 9.17) is 0 Å². The van der Waals surface area contributed by atoms with Crippen molar-refractivity contribution in [3.63, 3.8) is 0 Å². The van der Waals surface area contributed by atoms with Gasteiger partial charge in [-0.1, -0.05) is 36.4 Å². The van der Waals surface area contributed by atoms with Gasteiger partial charge in [-0.2, -0.15) is 13.2 Å². The molecule has 0 radical (unpaired) electrons. The van der Waals surface area contributed by atoms with Crippen LogP contribution in [0.2, 0.25) is 0 Å². The topological polar surface area (TPSA) is 55.9 Å². The zero-order chi connectivity index (χ0) is 24.9. The monoisotopic (exact) mass is 476 g/mol. The molecular formula is C25H31F3N4O2. The number of alkyl halides is 3. The molecule has 3 rings (SSSR count). The maximum atomic E-state index is 13.1. The molecule has 6 nitrogen and oxygen atoms in total. The highest BCUT2D eigenvalue weighted by atomic mass is 19.4. The van der Waals surface area contributed by atoms with Crippen molar-refractivity contribution < 1.29 is 22.8 Å². The zero-order valence-corrected chi connectivity index (χ0v) is 19.7. The van der Waals surface area contributed by atoms with Gasteiger partial charge in [0.15, 0.2) is 0 Å². The number of aryl methyl sites for hydroxylation is 1. The van der Waals surface area contributed by atoms with Gasteiger partial charge < -0.3 is 10.2 Å². The molecule has 1 aliphatic rings. The number of nitrogens with one attached hydrogen (secondary N) is 1. The van der Waals surface area contributed by atoms with Crippen LogP contribution in [0, 0.1) is 6.92 Å². The van der Waals surface area contributed by atoms with Crippen molar-refractivity contribution in [3.8, 4) is 0 Å². The second-order valence-electron chi connectivity index (χ2n) is 8.70. The van der Waals surface area contributed by atoms with E-state index in [1.54, 1.807) is 6.92 Å². The molecule has 2 aromatic rings. The maximum Gasteiger partial charge on any atom is 0.418 e. The van der Waals surface area contributed by atoms with Crippen molar-refractivity contribution in [3.05, 3.63) is 65.2 Å². The summed E-state index contributed by atoms with van der Waals surface area (Å²) in [5, 5.41) is 2.28. The molecule has 0 saturated carbocycles. The van der Waals surface area contributed by atoms with Gasteiger partial charge in [0.25, 0.3) is 0 Å². The Kier molecular flexibility index (Phi) is 8.33. The van der Waals surface area contributed by atoms with E-state index in [1.165, 1.54) is 41.3 Å². The minimum Gasteiger partial charge on any atom is -0.335 e. The number of likely N-dealkylation sites (N-methyl/N-ethyl adjacent to an activating group) is 1. The van der Waals surface area contributed by atoms with Crippen LogP contribution in [0.15, 0.2) is 48.5 Å². The lowest BCUT2D eigenvalue weighted by Crippen LogP contribution is -2.54. The Morgan fingerprint density at radius 2 is 1.65 bits per heavy atom. The van der Waals surface area contributed by atoms with Crippen molar-refractivity contribution in [1.82, 2.24) is 14.7 Å². The molecule has 9 heteroatoms. The predicted molar refractivity (Wildman–Crippen MR) is 125 cm³/mol. The molecule has 1 fully saturated rings. The zero-order valence-electron chi connectivity index (χ0n) is 19.7. The maximum absolute atomic E-state index is 13.1. The number of halogens is 3. The molecule has 0 aliphatic carbocycles. The fourth-order valence-corrected chi connectivity index (χ4v) is 4.13. The van der Waals surface area contributed by atoms with Crippen molar-refractivity contribution in [2.45, 2.75) is 32.6 Å². The molecule has 1 N–H and O–H groups in total. The number of rotatable bonds is 7. The van der Waals surface area contributed by atoms with Gasteiger partial charge in [0, 0.05) is 39.8 Å². The van der Waals surface area contributed by atoms with Crippen molar-refractivity contribution in [1.29, 1.82) is 0 Å². The van der Waals surface area contributed by atoms with Gasteiger partial charge in [-0.15, -0.1) is 0 Å². The average Bonchev–Trinajstić information content (AvgIpc) is 2.79. The number of carbonyl (C=O) groups excluding carboxylic acids is 2. The SMILES string of the molecule is Cc1ccccc1CN1CCN(C(C)C(=O)N(C)CC(=O)Nc2ccccc2C(F)(F)F)CC1. The molecule has 0 aromatic heterocycles. The van der Waals surface area contributed by atoms with E-state index in [2.05, 4.69) is 34.2 Å². The van der Waals surface area contributed by atoms with Crippen LogP contribution < -0.4 is 5.32 Å². The summed E-state index contributed by atoms with van der Waals surface area (Å²) in [5.74, 6) is -0.922. The fourth-order valence-electron chi connectivity index (χ4n) is 4.13. The number of benzene rings is 2. The summed E-state index contributed by atoms with van der Waals surface area (Å²) in [6.07, 6.45) is -4.58. The Morgan fingerprint density at radius 3 is 2.29 bits per heavy atom. The molecule has 2 aromatic carbocycles. The molecule has 34 heavy (non-hydrogen) atoms. The number of amides is 2. The van der Waals surface area contributed by atoms with Crippen LogP contribution in [0.3, 0.4) is 0 Å². The van der Waals surface area contributed by atoms with E-state index in [0.29, 0.717) is 0 Å². The molecule has 1 heterocycles. The van der Waals surface area contributed by atoms with Crippen LogP contribution in [-0.2, 0) is 22.3 Å². The molecule has 0 bridgehead atoms. The average molecular weight is 477 g/mol. The normalized spacial score (nSPS) is 16.2. The molecule has 0 spiro atoms. The Labute approximate surface area is 198 Å². The van der Waals surface area contributed by atoms with Crippen molar-refractivity contribution in [2.75, 3.05) is 45.1 Å². The van der Waals surface area contributed by atoms with Crippen LogP contribution >= 0.6 is 0 Å². The minimum atomic E-state index is -4.58. The second-order valence-corrected chi connectivity index (χ2v) is 8.70. The standard InChI is InChI=1S/C25H31F3N4O2/c1-18-8-4-5-9-20(18)16-31-12-14-32(15-13-31)19(2)24(34)30(3)17-23(33)29-22-11-7-6-10-21(22)25(26,27)28/h4-11,19H,12-17H2,1-3H3,(H,29,33). The van der Waals surface area contributed by atoms with Crippen LogP contribution in [0.25, 0.3) is 0 Å². The third-order valence-corrected chi connectivity index (χ3v) is 6.23. The van der Waals surface area contributed by atoms with Gasteiger partial charge in [-0.25, -0.2) is 0 Å². The van der Waals surface area contributed by atoms with Gasteiger partial charge in [0.2, 0.25) is 11.8 Å². The van der Waals surface area contributed by atoms with E-state index < -0.39 is 23.7 Å². The van der Waals surface area contributed by atoms with E-state index in [0.717, 1.165) is 38.8 Å². The molecular weight excluding hydrogens is 445 g/mol. The Hall–Kier alpha value is -2.91. The number of para-hydroxylation sites is 1. The first-order valence-electron chi connectivity index (χ1n) is 11.3. The van der Waals surface area contributed by atoms with E-state index >= 15 is 0 Å². The van der Waals surface area contributed by atoms with E-state index in [1.807, 2.05) is 12.1 Å². The smallest absolute Gasteiger partial charge is 0.335 e. The van der Waals surface area contributed by atoms with Crippen LogP contribution in [0.5, 0.6) is 0 Å². The first-order valence-corrected chi connectivity index (χ1v) is 11.3. The van der Waals surface area contributed by atoms with Crippen molar-refractivity contribution >= 4 is 17.5 Å². The summed E-state index contributed by atoms with van der Waals surface area (Å²) in [7, 11) is 1.49. The highest BCUT2D eigenvalue weighted by Crippen LogP contribution is 2.34. The van der Waals surface area contributed by atoms with Gasteiger partial charge in [0.1, 0.15) is 0 Å². The molecule has 2 amide bonds. The van der Waals surface area contributed by atoms with Gasteiger partial charge in [-0.05, 0) is 37.1 Å². The summed E-state index contributed by atoms with van der Waals surface area (Å²) < 4.78 is 39.4. The van der Waals surface area contributed by atoms with Crippen LogP contribution in [-0.4, -0.2) is 72.3 Å². The summed E-state index contributed by atoms with van der Waals surface area (Å²) in [6.45, 7) is 7.52. The quantitative estimate of drug-likeness (QED) is 0.664. The summed E-state index contributed by atoms with van der Waals surface area (Å²) in [6, 6.07) is 12.6. The number of carbonyl (C=O) groups is 2. The first-order chi connectivity index (χ1) is 16.1. The molecule has 1 unspecified atom stereocenters. The fraction of sp³-hybridized carbons (Fsp3) is 0.440. The molecule has 184 valence electrons. The van der Waals surface area contributed by atoms with E-state index in [9.17, 15) is 22.8 Å². The molecule has 1 atom stereocenters. The Bertz CT molecular complexity index is 1000. The number of piperazine rings is 1. The Balaban J connectivity index is 1.50. The third kappa shape index (κ3) is 6.57. The van der Waals surface area contributed by atoms with E-state index in [-0.39, 0.29) is 18.1 Å². The number of anilines is 1. The number of nitrogens with zero attached hydrogens (tertiary/aromatic N) is 3. The van der Waals surface area contributed by atoms with Crippen LogP contribution in [0.1, 0.15) is 23.6 Å². The first kappa shape index (κ1) is 25.7. The molecule has 1 saturated heterocycles. The second kappa shape index (κ2) is 11.0. The minimum absolute atomic E-state index is 0.244. The number of hydrogen-bond donors (Lipinski definition) is 1.